The molecule has 184 valence electrons. The van der Waals surface area contributed by atoms with Crippen LogP contribution in [0.1, 0.15) is 27.4 Å². The molecule has 2 aromatic heterocycles. The Bertz CT molecular complexity index is 1410. The van der Waals surface area contributed by atoms with Gasteiger partial charge in [-0.05, 0) is 41.5 Å². The van der Waals surface area contributed by atoms with Gasteiger partial charge in [0.15, 0.2) is 0 Å². The van der Waals surface area contributed by atoms with Gasteiger partial charge in [-0.15, -0.1) is 0 Å². The molecule has 1 N–H and O–H groups in total. The molecule has 5 rings (SSSR count). The van der Waals surface area contributed by atoms with Crippen molar-refractivity contribution in [1.29, 1.82) is 0 Å². The van der Waals surface area contributed by atoms with Crippen molar-refractivity contribution < 1.29 is 14.7 Å². The molecule has 1 aliphatic rings. The third kappa shape index (κ3) is 4.08. The summed E-state index contributed by atoms with van der Waals surface area (Å²) >= 11 is 12.2. The molecule has 1 aliphatic heterocycles. The number of fused-ring (bicyclic) bond motifs is 1. The molecule has 0 spiro atoms. The highest BCUT2D eigenvalue weighted by Gasteiger charge is 2.57. The second-order valence-electron chi connectivity index (χ2n) is 8.76. The maximum atomic E-state index is 13.7. The van der Waals surface area contributed by atoms with Crippen molar-refractivity contribution in [2.24, 2.45) is 7.05 Å². The molecule has 0 saturated heterocycles. The predicted molar refractivity (Wildman–Crippen MR) is 138 cm³/mol. The molecule has 1 amide bonds. The van der Waals surface area contributed by atoms with E-state index >= 15 is 0 Å². The predicted octanol–water partition coefficient (Wildman–Crippen LogP) is 4.85. The lowest BCUT2D eigenvalue weighted by molar-refractivity contribution is -0.192. The molecule has 36 heavy (non-hydrogen) atoms. The van der Waals surface area contributed by atoms with Gasteiger partial charge >= 0.3 is 0 Å². The van der Waals surface area contributed by atoms with E-state index in [1.54, 1.807) is 42.7 Å². The third-order valence-electron chi connectivity index (χ3n) is 6.70. The smallest absolute Gasteiger partial charge is 0.278 e. The Labute approximate surface area is 218 Å². The van der Waals surface area contributed by atoms with Gasteiger partial charge in [0.05, 0.1) is 18.2 Å². The minimum atomic E-state index is -1.30. The number of benzene rings is 2. The first-order valence-corrected chi connectivity index (χ1v) is 12.1. The fraction of sp³-hybridized carbons (Fsp3) is 0.222. The number of aliphatic hydroxyl groups is 1. The Morgan fingerprint density at radius 2 is 1.75 bits per heavy atom. The fourth-order valence-corrected chi connectivity index (χ4v) is 5.24. The van der Waals surface area contributed by atoms with Crippen LogP contribution in [0.2, 0.25) is 10.0 Å². The number of aryl methyl sites for hydroxylation is 1. The van der Waals surface area contributed by atoms with Crippen LogP contribution in [0, 0.1) is 0 Å². The first kappa shape index (κ1) is 24.5. The van der Waals surface area contributed by atoms with Crippen LogP contribution in [0.3, 0.4) is 0 Å². The number of aliphatic hydroxyl groups excluding tert-OH is 1. The molecule has 0 radical (unpaired) electrons. The number of amides is 1. The van der Waals surface area contributed by atoms with Crippen LogP contribution < -0.4 is 0 Å². The number of hydrogen-bond acceptors (Lipinski definition) is 5. The standard InChI is InChI=1S/C27H24Cl2N4O3/c1-32-13-12-30-24(32)14-23(34)27(15-20-11-10-19(29)16-31-20)25-21(17-6-8-18(28)9-7-17)4-3-5-22(25)26(35)33(27)36-2/h3-13,16,23,34H,14-15H2,1-2H3/t23?,27-/m0/s1. The van der Waals surface area contributed by atoms with E-state index in [1.807, 2.05) is 42.1 Å². The summed E-state index contributed by atoms with van der Waals surface area (Å²) in [7, 11) is 3.30. The number of hydroxylamine groups is 2. The number of aromatic nitrogens is 3. The summed E-state index contributed by atoms with van der Waals surface area (Å²) in [6.07, 6.45) is 4.32. The highest BCUT2D eigenvalue weighted by molar-refractivity contribution is 6.30. The number of pyridine rings is 1. The second-order valence-corrected chi connectivity index (χ2v) is 9.63. The van der Waals surface area contributed by atoms with E-state index < -0.39 is 11.6 Å². The summed E-state index contributed by atoms with van der Waals surface area (Å²) < 4.78 is 1.84. The third-order valence-corrected chi connectivity index (χ3v) is 7.18. The Hall–Kier alpha value is -3.23. The SMILES string of the molecule is CON1C(=O)c2cccc(-c3ccc(Cl)cc3)c2[C@]1(Cc1ccc(Cl)cn1)C(O)Cc1nccn1C. The van der Waals surface area contributed by atoms with Crippen molar-refractivity contribution in [2.45, 2.75) is 24.5 Å². The Balaban J connectivity index is 1.76. The minimum Gasteiger partial charge on any atom is -0.390 e. The van der Waals surface area contributed by atoms with Gasteiger partial charge in [0.1, 0.15) is 11.4 Å². The molecule has 0 saturated carbocycles. The van der Waals surface area contributed by atoms with Crippen LogP contribution >= 0.6 is 23.2 Å². The molecule has 1 unspecified atom stereocenters. The Morgan fingerprint density at radius 1 is 1.03 bits per heavy atom. The molecule has 2 aromatic carbocycles. The van der Waals surface area contributed by atoms with Crippen molar-refractivity contribution in [3.05, 3.63) is 106 Å². The number of hydrogen-bond donors (Lipinski definition) is 1. The first-order chi connectivity index (χ1) is 17.3. The second kappa shape index (κ2) is 9.67. The quantitative estimate of drug-likeness (QED) is 0.375. The van der Waals surface area contributed by atoms with Gasteiger partial charge in [-0.1, -0.05) is 47.5 Å². The molecular formula is C27H24Cl2N4O3. The highest BCUT2D eigenvalue weighted by Crippen LogP contribution is 2.49. The van der Waals surface area contributed by atoms with E-state index in [4.69, 9.17) is 28.0 Å². The fourth-order valence-electron chi connectivity index (χ4n) is 5.01. The van der Waals surface area contributed by atoms with Crippen molar-refractivity contribution in [3.8, 4) is 11.1 Å². The molecule has 0 aliphatic carbocycles. The average Bonchev–Trinajstić information content (AvgIpc) is 3.39. The summed E-state index contributed by atoms with van der Waals surface area (Å²) in [5.74, 6) is 0.336. The van der Waals surface area contributed by atoms with Crippen molar-refractivity contribution in [2.75, 3.05) is 7.11 Å². The molecule has 0 bridgehead atoms. The van der Waals surface area contributed by atoms with E-state index in [9.17, 15) is 9.90 Å². The molecule has 9 heteroatoms. The summed E-state index contributed by atoms with van der Waals surface area (Å²) in [4.78, 5) is 28.3. The lowest BCUT2D eigenvalue weighted by Crippen LogP contribution is -2.54. The summed E-state index contributed by atoms with van der Waals surface area (Å²) in [6, 6.07) is 16.4. The lowest BCUT2D eigenvalue weighted by Gasteiger charge is -2.41. The zero-order chi connectivity index (χ0) is 25.4. The van der Waals surface area contributed by atoms with E-state index in [1.165, 1.54) is 12.2 Å². The molecule has 2 atom stereocenters. The van der Waals surface area contributed by atoms with Crippen LogP contribution in [0.15, 0.2) is 73.2 Å². The maximum absolute atomic E-state index is 13.7. The first-order valence-electron chi connectivity index (χ1n) is 11.4. The largest absolute Gasteiger partial charge is 0.390 e. The van der Waals surface area contributed by atoms with Crippen LogP contribution in [-0.2, 0) is 30.3 Å². The van der Waals surface area contributed by atoms with E-state index in [0.29, 0.717) is 32.7 Å². The molecular weight excluding hydrogens is 499 g/mol. The van der Waals surface area contributed by atoms with Gasteiger partial charge < -0.3 is 9.67 Å². The van der Waals surface area contributed by atoms with Crippen LogP contribution in [0.4, 0.5) is 0 Å². The van der Waals surface area contributed by atoms with Gasteiger partial charge in [-0.2, -0.15) is 0 Å². The van der Waals surface area contributed by atoms with Gasteiger partial charge in [0.2, 0.25) is 0 Å². The molecule has 3 heterocycles. The topological polar surface area (TPSA) is 80.5 Å². The number of carbonyl (C=O) groups is 1. The maximum Gasteiger partial charge on any atom is 0.278 e. The zero-order valence-electron chi connectivity index (χ0n) is 19.7. The van der Waals surface area contributed by atoms with Gasteiger partial charge in [-0.25, -0.2) is 10.0 Å². The summed E-state index contributed by atoms with van der Waals surface area (Å²) in [5, 5.41) is 14.4. The van der Waals surface area contributed by atoms with Crippen LogP contribution in [-0.4, -0.2) is 43.8 Å². The van der Waals surface area contributed by atoms with E-state index in [0.717, 1.165) is 11.1 Å². The van der Waals surface area contributed by atoms with Gasteiger partial charge in [0, 0.05) is 60.3 Å². The minimum absolute atomic E-state index is 0.179. The summed E-state index contributed by atoms with van der Waals surface area (Å²) in [6.45, 7) is 0. The summed E-state index contributed by atoms with van der Waals surface area (Å²) in [5.41, 5.74) is 2.12. The number of imidazole rings is 1. The highest BCUT2D eigenvalue weighted by atomic mass is 35.5. The monoisotopic (exact) mass is 522 g/mol. The van der Waals surface area contributed by atoms with E-state index in [2.05, 4.69) is 9.97 Å². The lowest BCUT2D eigenvalue weighted by atomic mass is 9.76. The zero-order valence-corrected chi connectivity index (χ0v) is 21.2. The Morgan fingerprint density at radius 3 is 2.39 bits per heavy atom. The number of rotatable bonds is 7. The normalized spacial score (nSPS) is 17.9. The van der Waals surface area contributed by atoms with Crippen molar-refractivity contribution in [3.63, 3.8) is 0 Å². The van der Waals surface area contributed by atoms with Crippen molar-refractivity contribution >= 4 is 29.1 Å². The van der Waals surface area contributed by atoms with Gasteiger partial charge in [0.25, 0.3) is 5.91 Å². The van der Waals surface area contributed by atoms with Crippen LogP contribution in [0.25, 0.3) is 11.1 Å². The molecule has 4 aromatic rings. The van der Waals surface area contributed by atoms with Gasteiger partial charge in [-0.3, -0.25) is 14.6 Å². The molecule has 0 fully saturated rings. The van der Waals surface area contributed by atoms with Crippen molar-refractivity contribution in [1.82, 2.24) is 19.6 Å². The van der Waals surface area contributed by atoms with E-state index in [-0.39, 0.29) is 18.7 Å². The van der Waals surface area contributed by atoms with Crippen LogP contribution in [0.5, 0.6) is 0 Å². The Kier molecular flexibility index (Phi) is 6.57. The molecule has 7 nitrogen and oxygen atoms in total. The number of halogens is 2. The average molecular weight is 523 g/mol. The number of nitrogens with zero attached hydrogens (tertiary/aromatic N) is 4. The number of carbonyl (C=O) groups excluding carboxylic acids is 1.